The van der Waals surface area contributed by atoms with Crippen molar-refractivity contribution in [3.8, 4) is 22.9 Å². The van der Waals surface area contributed by atoms with Crippen molar-refractivity contribution >= 4 is 0 Å². The first kappa shape index (κ1) is 14.5. The van der Waals surface area contributed by atoms with Gasteiger partial charge in [-0.05, 0) is 43.2 Å². The van der Waals surface area contributed by atoms with Gasteiger partial charge < -0.3 is 14.0 Å². The Kier molecular flexibility index (Phi) is 3.10. The zero-order valence-electron chi connectivity index (χ0n) is 13.9. The van der Waals surface area contributed by atoms with Crippen LogP contribution in [-0.2, 0) is 5.41 Å². The summed E-state index contributed by atoms with van der Waals surface area (Å²) < 4.78 is 16.6. The first-order chi connectivity index (χ1) is 12.3. The van der Waals surface area contributed by atoms with E-state index in [1.807, 2.05) is 36.4 Å². The van der Waals surface area contributed by atoms with E-state index in [0.717, 1.165) is 42.4 Å². The number of aromatic nitrogens is 2. The smallest absolute Gasteiger partial charge is 0.231 e. The third kappa shape index (κ3) is 2.22. The maximum Gasteiger partial charge on any atom is 0.231 e. The van der Waals surface area contributed by atoms with Crippen LogP contribution in [0.2, 0.25) is 0 Å². The van der Waals surface area contributed by atoms with E-state index in [1.165, 1.54) is 5.56 Å². The molecule has 2 heterocycles. The second-order valence-electron chi connectivity index (χ2n) is 6.69. The van der Waals surface area contributed by atoms with Crippen molar-refractivity contribution in [1.82, 2.24) is 10.1 Å². The standard InChI is InChI=1S/C20H18N2O3/c1-23-14-8-6-13(7-9-14)18-21-19(25-22-18)16-12-20(16)10-11-24-17-5-3-2-4-15(17)20/h2-9,16H,10-12H2,1H3. The number of nitrogens with zero attached hydrogens (tertiary/aromatic N) is 2. The summed E-state index contributed by atoms with van der Waals surface area (Å²) >= 11 is 0. The molecule has 3 aromatic rings. The van der Waals surface area contributed by atoms with E-state index in [2.05, 4.69) is 22.3 Å². The highest BCUT2D eigenvalue weighted by Crippen LogP contribution is 2.65. The minimum absolute atomic E-state index is 0.0958. The van der Waals surface area contributed by atoms with Crippen LogP contribution in [-0.4, -0.2) is 23.9 Å². The number of hydrogen-bond donors (Lipinski definition) is 0. The zero-order chi connectivity index (χ0) is 16.9. The summed E-state index contributed by atoms with van der Waals surface area (Å²) in [5.41, 5.74) is 2.30. The van der Waals surface area contributed by atoms with Crippen LogP contribution < -0.4 is 9.47 Å². The van der Waals surface area contributed by atoms with Gasteiger partial charge in [0.25, 0.3) is 0 Å². The summed E-state index contributed by atoms with van der Waals surface area (Å²) in [5, 5.41) is 4.18. The van der Waals surface area contributed by atoms with Gasteiger partial charge in [0.2, 0.25) is 11.7 Å². The SMILES string of the molecule is COc1ccc(-c2noc(C3CC34CCOc3ccccc34)n2)cc1. The van der Waals surface area contributed by atoms with Gasteiger partial charge in [-0.15, -0.1) is 0 Å². The second-order valence-corrected chi connectivity index (χ2v) is 6.69. The van der Waals surface area contributed by atoms with Crippen LogP contribution in [0.15, 0.2) is 53.1 Å². The van der Waals surface area contributed by atoms with Gasteiger partial charge in [-0.2, -0.15) is 4.98 Å². The Bertz CT molecular complexity index is 919. The van der Waals surface area contributed by atoms with Crippen molar-refractivity contribution in [3.63, 3.8) is 0 Å². The molecule has 5 heteroatoms. The maximum atomic E-state index is 5.80. The summed E-state index contributed by atoms with van der Waals surface area (Å²) in [7, 11) is 1.65. The van der Waals surface area contributed by atoms with Gasteiger partial charge in [-0.1, -0.05) is 23.4 Å². The molecule has 126 valence electrons. The summed E-state index contributed by atoms with van der Waals surface area (Å²) in [6.45, 7) is 0.743. The Morgan fingerprint density at radius 2 is 1.96 bits per heavy atom. The van der Waals surface area contributed by atoms with Crippen LogP contribution in [0.4, 0.5) is 0 Å². The van der Waals surface area contributed by atoms with Crippen LogP contribution in [0, 0.1) is 0 Å². The molecule has 2 unspecified atom stereocenters. The van der Waals surface area contributed by atoms with Gasteiger partial charge in [0, 0.05) is 22.5 Å². The Morgan fingerprint density at radius 1 is 1.12 bits per heavy atom. The van der Waals surface area contributed by atoms with Gasteiger partial charge >= 0.3 is 0 Å². The predicted molar refractivity (Wildman–Crippen MR) is 91.9 cm³/mol. The first-order valence-corrected chi connectivity index (χ1v) is 8.50. The lowest BCUT2D eigenvalue weighted by Gasteiger charge is -2.26. The van der Waals surface area contributed by atoms with E-state index in [0.29, 0.717) is 5.82 Å². The van der Waals surface area contributed by atoms with Crippen molar-refractivity contribution in [2.24, 2.45) is 0 Å². The van der Waals surface area contributed by atoms with Gasteiger partial charge in [0.05, 0.1) is 13.7 Å². The average molecular weight is 334 g/mol. The molecular weight excluding hydrogens is 316 g/mol. The molecule has 1 aliphatic carbocycles. The fourth-order valence-electron chi connectivity index (χ4n) is 3.92. The van der Waals surface area contributed by atoms with E-state index in [1.54, 1.807) is 7.11 Å². The molecule has 2 atom stereocenters. The van der Waals surface area contributed by atoms with Gasteiger partial charge in [0.15, 0.2) is 0 Å². The van der Waals surface area contributed by atoms with Gasteiger partial charge in [-0.25, -0.2) is 0 Å². The van der Waals surface area contributed by atoms with Crippen LogP contribution >= 0.6 is 0 Å². The highest BCUT2D eigenvalue weighted by molar-refractivity contribution is 5.56. The monoisotopic (exact) mass is 334 g/mol. The Hall–Kier alpha value is -2.82. The minimum Gasteiger partial charge on any atom is -0.497 e. The molecule has 0 N–H and O–H groups in total. The predicted octanol–water partition coefficient (Wildman–Crippen LogP) is 3.95. The Balaban J connectivity index is 1.44. The van der Waals surface area contributed by atoms with Crippen molar-refractivity contribution in [1.29, 1.82) is 0 Å². The van der Waals surface area contributed by atoms with E-state index < -0.39 is 0 Å². The molecule has 2 aromatic carbocycles. The number of ether oxygens (including phenoxy) is 2. The Labute approximate surface area is 145 Å². The molecule has 1 spiro atoms. The molecule has 1 aliphatic heterocycles. The second kappa shape index (κ2) is 5.34. The van der Waals surface area contributed by atoms with Crippen LogP contribution in [0.5, 0.6) is 11.5 Å². The fraction of sp³-hybridized carbons (Fsp3) is 0.300. The molecule has 2 aliphatic rings. The molecule has 0 radical (unpaired) electrons. The van der Waals surface area contributed by atoms with Gasteiger partial charge in [0.1, 0.15) is 11.5 Å². The summed E-state index contributed by atoms with van der Waals surface area (Å²) in [4.78, 5) is 4.66. The topological polar surface area (TPSA) is 57.4 Å². The van der Waals surface area contributed by atoms with Gasteiger partial charge in [-0.3, -0.25) is 0 Å². The molecule has 25 heavy (non-hydrogen) atoms. The summed E-state index contributed by atoms with van der Waals surface area (Å²) in [5.74, 6) is 3.43. The van der Waals surface area contributed by atoms with E-state index in [4.69, 9.17) is 14.0 Å². The lowest BCUT2D eigenvalue weighted by molar-refractivity contribution is 0.254. The molecule has 1 aromatic heterocycles. The molecular formula is C20H18N2O3. The largest absolute Gasteiger partial charge is 0.497 e. The molecule has 1 fully saturated rings. The molecule has 5 nitrogen and oxygen atoms in total. The normalized spacial score (nSPS) is 23.8. The summed E-state index contributed by atoms with van der Waals surface area (Å²) in [6, 6.07) is 16.0. The van der Waals surface area contributed by atoms with Crippen LogP contribution in [0.1, 0.15) is 30.2 Å². The van der Waals surface area contributed by atoms with Crippen LogP contribution in [0.25, 0.3) is 11.4 Å². The number of hydrogen-bond acceptors (Lipinski definition) is 5. The van der Waals surface area contributed by atoms with Crippen LogP contribution in [0.3, 0.4) is 0 Å². The van der Waals surface area contributed by atoms with Crippen molar-refractivity contribution in [2.45, 2.75) is 24.2 Å². The highest BCUT2D eigenvalue weighted by atomic mass is 16.5. The Morgan fingerprint density at radius 3 is 2.80 bits per heavy atom. The van der Waals surface area contributed by atoms with E-state index in [-0.39, 0.29) is 11.3 Å². The molecule has 0 bridgehead atoms. The average Bonchev–Trinajstić information content (AvgIpc) is 3.16. The third-order valence-corrected chi connectivity index (χ3v) is 5.39. The lowest BCUT2D eigenvalue weighted by Crippen LogP contribution is -2.21. The molecule has 5 rings (SSSR count). The minimum atomic E-state index is 0.0958. The number of benzene rings is 2. The quantitative estimate of drug-likeness (QED) is 0.726. The van der Waals surface area contributed by atoms with E-state index in [9.17, 15) is 0 Å². The number of rotatable bonds is 3. The van der Waals surface area contributed by atoms with Crippen molar-refractivity contribution in [3.05, 3.63) is 60.0 Å². The fourth-order valence-corrected chi connectivity index (χ4v) is 3.92. The zero-order valence-corrected chi connectivity index (χ0v) is 13.9. The van der Waals surface area contributed by atoms with E-state index >= 15 is 0 Å². The molecule has 0 amide bonds. The number of para-hydroxylation sites is 1. The number of fused-ring (bicyclic) bond motifs is 2. The third-order valence-electron chi connectivity index (χ3n) is 5.39. The lowest BCUT2D eigenvalue weighted by atomic mass is 9.87. The molecule has 1 saturated carbocycles. The molecule has 0 saturated heterocycles. The number of methoxy groups -OCH3 is 1. The highest BCUT2D eigenvalue weighted by Gasteiger charge is 2.60. The van der Waals surface area contributed by atoms with Crippen molar-refractivity contribution < 1.29 is 14.0 Å². The first-order valence-electron chi connectivity index (χ1n) is 8.50. The maximum absolute atomic E-state index is 5.80. The summed E-state index contributed by atoms with van der Waals surface area (Å²) in [6.07, 6.45) is 2.03. The van der Waals surface area contributed by atoms with Crippen molar-refractivity contribution in [2.75, 3.05) is 13.7 Å².